The van der Waals surface area contributed by atoms with Crippen LogP contribution in [0.25, 0.3) is 0 Å². The largest absolute Gasteiger partial charge is 0.388 e. The molecule has 0 spiro atoms. The molecule has 2 rings (SSSR count). The maximum absolute atomic E-state index is 13.1. The van der Waals surface area contributed by atoms with E-state index >= 15 is 0 Å². The van der Waals surface area contributed by atoms with Crippen LogP contribution in [-0.4, -0.2) is 10.1 Å². The SMILES string of the molecule is CCc1cnccc1C(O)Cc1ccc(F)c(F)c1. The van der Waals surface area contributed by atoms with Crippen LogP contribution in [0, 0.1) is 11.6 Å². The van der Waals surface area contributed by atoms with Crippen molar-refractivity contribution >= 4 is 0 Å². The number of aryl methyl sites for hydroxylation is 1. The quantitative estimate of drug-likeness (QED) is 0.919. The second-order valence-electron chi connectivity index (χ2n) is 4.40. The Balaban J connectivity index is 2.20. The molecule has 0 amide bonds. The molecule has 19 heavy (non-hydrogen) atoms. The Bertz CT molecular complexity index is 572. The minimum Gasteiger partial charge on any atom is -0.388 e. The minimum atomic E-state index is -0.893. The molecule has 0 saturated heterocycles. The van der Waals surface area contributed by atoms with Crippen LogP contribution in [0.3, 0.4) is 0 Å². The highest BCUT2D eigenvalue weighted by molar-refractivity contribution is 5.28. The molecule has 0 fully saturated rings. The molecule has 2 nitrogen and oxygen atoms in total. The lowest BCUT2D eigenvalue weighted by atomic mass is 9.97. The van der Waals surface area contributed by atoms with Crippen LogP contribution in [0.2, 0.25) is 0 Å². The maximum Gasteiger partial charge on any atom is 0.159 e. The van der Waals surface area contributed by atoms with E-state index in [1.54, 1.807) is 18.5 Å². The number of aromatic nitrogens is 1. The minimum absolute atomic E-state index is 0.244. The number of aliphatic hydroxyl groups excluding tert-OH is 1. The highest BCUT2D eigenvalue weighted by Crippen LogP contribution is 2.22. The predicted molar refractivity (Wildman–Crippen MR) is 68.6 cm³/mol. The summed E-state index contributed by atoms with van der Waals surface area (Å²) in [4.78, 5) is 4.01. The molecule has 1 heterocycles. The van der Waals surface area contributed by atoms with Crippen LogP contribution >= 0.6 is 0 Å². The van der Waals surface area contributed by atoms with Gasteiger partial charge in [0.1, 0.15) is 0 Å². The molecule has 0 radical (unpaired) electrons. The van der Waals surface area contributed by atoms with E-state index in [4.69, 9.17) is 0 Å². The van der Waals surface area contributed by atoms with Crippen LogP contribution in [0.5, 0.6) is 0 Å². The molecule has 0 bridgehead atoms. The summed E-state index contributed by atoms with van der Waals surface area (Å²) in [7, 11) is 0. The second-order valence-corrected chi connectivity index (χ2v) is 4.40. The third kappa shape index (κ3) is 3.15. The van der Waals surface area contributed by atoms with E-state index in [9.17, 15) is 13.9 Å². The van der Waals surface area contributed by atoms with E-state index in [1.807, 2.05) is 6.92 Å². The summed E-state index contributed by atoms with van der Waals surface area (Å²) in [6, 6.07) is 5.42. The topological polar surface area (TPSA) is 33.1 Å². The first-order valence-electron chi connectivity index (χ1n) is 6.16. The van der Waals surface area contributed by atoms with Gasteiger partial charge in [-0.25, -0.2) is 8.78 Å². The van der Waals surface area contributed by atoms with Crippen molar-refractivity contribution in [2.45, 2.75) is 25.9 Å². The summed E-state index contributed by atoms with van der Waals surface area (Å²) in [5.41, 5.74) is 2.30. The van der Waals surface area contributed by atoms with E-state index in [0.717, 1.165) is 29.7 Å². The number of benzene rings is 1. The first kappa shape index (κ1) is 13.6. The Hall–Kier alpha value is -1.81. The van der Waals surface area contributed by atoms with Crippen LogP contribution in [0.1, 0.15) is 29.7 Å². The van der Waals surface area contributed by atoms with Gasteiger partial charge in [0.15, 0.2) is 11.6 Å². The molecular formula is C15H15F2NO. The van der Waals surface area contributed by atoms with Gasteiger partial charge >= 0.3 is 0 Å². The van der Waals surface area contributed by atoms with Gasteiger partial charge in [0.05, 0.1) is 6.10 Å². The van der Waals surface area contributed by atoms with Crippen LogP contribution in [0.4, 0.5) is 8.78 Å². The van der Waals surface area contributed by atoms with Crippen LogP contribution < -0.4 is 0 Å². The molecule has 1 aromatic heterocycles. The fourth-order valence-electron chi connectivity index (χ4n) is 2.06. The summed E-state index contributed by atoms with van der Waals surface area (Å²) < 4.78 is 25.9. The molecule has 1 unspecified atom stereocenters. The average molecular weight is 263 g/mol. The number of hydrogen-bond donors (Lipinski definition) is 1. The summed E-state index contributed by atoms with van der Waals surface area (Å²) in [6.07, 6.45) is 3.58. The van der Waals surface area contributed by atoms with Crippen molar-refractivity contribution in [2.24, 2.45) is 0 Å². The summed E-state index contributed by atoms with van der Waals surface area (Å²) in [5, 5.41) is 10.2. The second kappa shape index (κ2) is 5.89. The number of rotatable bonds is 4. The van der Waals surface area contributed by atoms with Gasteiger partial charge in [-0.05, 0) is 41.3 Å². The van der Waals surface area contributed by atoms with Gasteiger partial charge in [0, 0.05) is 18.8 Å². The zero-order chi connectivity index (χ0) is 13.8. The molecule has 0 aliphatic carbocycles. The average Bonchev–Trinajstić information content (AvgIpc) is 2.43. The summed E-state index contributed by atoms with van der Waals surface area (Å²) in [6.45, 7) is 1.98. The van der Waals surface area contributed by atoms with Gasteiger partial charge in [0.25, 0.3) is 0 Å². The fraction of sp³-hybridized carbons (Fsp3) is 0.267. The van der Waals surface area contributed by atoms with Crippen molar-refractivity contribution in [3.8, 4) is 0 Å². The maximum atomic E-state index is 13.1. The number of hydrogen-bond acceptors (Lipinski definition) is 2. The van der Waals surface area contributed by atoms with E-state index in [0.29, 0.717) is 5.56 Å². The summed E-state index contributed by atoms with van der Waals surface area (Å²) in [5.74, 6) is -1.77. The van der Waals surface area contributed by atoms with E-state index < -0.39 is 17.7 Å². The highest BCUT2D eigenvalue weighted by atomic mass is 19.2. The number of nitrogens with zero attached hydrogens (tertiary/aromatic N) is 1. The molecule has 0 aliphatic rings. The first-order chi connectivity index (χ1) is 9.11. The molecule has 0 aliphatic heterocycles. The van der Waals surface area contributed by atoms with Gasteiger partial charge < -0.3 is 5.11 Å². The van der Waals surface area contributed by atoms with Gasteiger partial charge in [-0.2, -0.15) is 0 Å². The predicted octanol–water partition coefficient (Wildman–Crippen LogP) is 3.20. The van der Waals surface area contributed by atoms with E-state index in [2.05, 4.69) is 4.98 Å². The third-order valence-electron chi connectivity index (χ3n) is 3.09. The molecule has 100 valence electrons. The molecule has 1 aromatic carbocycles. The van der Waals surface area contributed by atoms with E-state index in [1.165, 1.54) is 6.07 Å². The molecule has 2 aromatic rings. The lowest BCUT2D eigenvalue weighted by Gasteiger charge is -2.14. The van der Waals surface area contributed by atoms with Crippen molar-refractivity contribution in [3.05, 3.63) is 65.0 Å². The van der Waals surface area contributed by atoms with Gasteiger partial charge in [-0.1, -0.05) is 13.0 Å². The standard InChI is InChI=1S/C15H15F2NO/c1-2-11-9-18-6-5-12(11)15(19)8-10-3-4-13(16)14(17)7-10/h3-7,9,15,19H,2,8H2,1H3. The Morgan fingerprint density at radius 3 is 2.68 bits per heavy atom. The van der Waals surface area contributed by atoms with Crippen molar-refractivity contribution in [3.63, 3.8) is 0 Å². The Morgan fingerprint density at radius 2 is 2.00 bits per heavy atom. The number of halogens is 2. The highest BCUT2D eigenvalue weighted by Gasteiger charge is 2.13. The molecule has 1 atom stereocenters. The lowest BCUT2D eigenvalue weighted by molar-refractivity contribution is 0.177. The van der Waals surface area contributed by atoms with Gasteiger partial charge in [0.2, 0.25) is 0 Å². The molecular weight excluding hydrogens is 248 g/mol. The summed E-state index contributed by atoms with van der Waals surface area (Å²) >= 11 is 0. The van der Waals surface area contributed by atoms with Crippen molar-refractivity contribution in [1.82, 2.24) is 4.98 Å². The van der Waals surface area contributed by atoms with Crippen molar-refractivity contribution < 1.29 is 13.9 Å². The molecule has 0 saturated carbocycles. The van der Waals surface area contributed by atoms with Crippen molar-refractivity contribution in [1.29, 1.82) is 0 Å². The first-order valence-corrected chi connectivity index (χ1v) is 6.16. The smallest absolute Gasteiger partial charge is 0.159 e. The number of pyridine rings is 1. The fourth-order valence-corrected chi connectivity index (χ4v) is 2.06. The van der Waals surface area contributed by atoms with Crippen LogP contribution in [-0.2, 0) is 12.8 Å². The zero-order valence-corrected chi connectivity index (χ0v) is 10.6. The molecule has 1 N–H and O–H groups in total. The number of aliphatic hydroxyl groups is 1. The molecule has 4 heteroatoms. The van der Waals surface area contributed by atoms with Crippen molar-refractivity contribution in [2.75, 3.05) is 0 Å². The monoisotopic (exact) mass is 263 g/mol. The zero-order valence-electron chi connectivity index (χ0n) is 10.6. The van der Waals surface area contributed by atoms with E-state index in [-0.39, 0.29) is 6.42 Å². The Kier molecular flexibility index (Phi) is 4.22. The lowest BCUT2D eigenvalue weighted by Crippen LogP contribution is -2.06. The Labute approximate surface area is 110 Å². The third-order valence-corrected chi connectivity index (χ3v) is 3.09. The Morgan fingerprint density at radius 1 is 1.21 bits per heavy atom. The van der Waals surface area contributed by atoms with Gasteiger partial charge in [-0.3, -0.25) is 4.98 Å². The van der Waals surface area contributed by atoms with Crippen LogP contribution in [0.15, 0.2) is 36.7 Å². The van der Waals surface area contributed by atoms with Gasteiger partial charge in [-0.15, -0.1) is 0 Å². The normalized spacial score (nSPS) is 12.4.